The summed E-state index contributed by atoms with van der Waals surface area (Å²) in [5.74, 6) is -1.31. The summed E-state index contributed by atoms with van der Waals surface area (Å²) >= 11 is 0. The van der Waals surface area contributed by atoms with E-state index >= 15 is 0 Å². The Labute approximate surface area is 285 Å². The fourth-order valence-electron chi connectivity index (χ4n) is 5.35. The quantitative estimate of drug-likeness (QED) is 0.0433. The highest BCUT2D eigenvalue weighted by atomic mass is 16.4. The molecule has 7 heteroatoms. The molecule has 0 aliphatic rings. The Balaban J connectivity index is -0.000000682. The lowest BCUT2D eigenvalue weighted by Gasteiger charge is -2.03. The van der Waals surface area contributed by atoms with Gasteiger partial charge in [-0.2, -0.15) is 0 Å². The maximum Gasteiger partial charge on any atom is 0.303 e. The van der Waals surface area contributed by atoms with Gasteiger partial charge in [-0.15, -0.1) is 0 Å². The predicted octanol–water partition coefficient (Wildman–Crippen LogP) is 11.0. The van der Waals surface area contributed by atoms with Crippen LogP contribution in [0.25, 0.3) is 0 Å². The number of rotatable bonds is 34. The van der Waals surface area contributed by atoms with Crippen LogP contribution < -0.4 is 0 Å². The van der Waals surface area contributed by atoms with Crippen molar-refractivity contribution in [3.8, 4) is 0 Å². The van der Waals surface area contributed by atoms with Crippen molar-refractivity contribution < 1.29 is 35.1 Å². The van der Waals surface area contributed by atoms with Crippen molar-refractivity contribution in [3.63, 3.8) is 0 Å². The molecule has 0 amide bonds. The van der Waals surface area contributed by atoms with E-state index in [-0.39, 0.29) is 13.2 Å². The smallest absolute Gasteiger partial charge is 0.303 e. The van der Waals surface area contributed by atoms with Crippen LogP contribution in [0.2, 0.25) is 0 Å². The van der Waals surface area contributed by atoms with Gasteiger partial charge in [0, 0.05) is 12.8 Å². The molecular weight excluding hydrogens is 580 g/mol. The Morgan fingerprint density at radius 1 is 0.370 bits per heavy atom. The molecule has 46 heavy (non-hydrogen) atoms. The standard InChI is InChI=1S/2C18H36O2.C3H8O3/c2*1-2-3-4-5-6-7-8-9-10-11-12-13-14-15-16-17-18(19)20;4-1-3(6)2-5/h2*2-17H2,1H3,(H,19,20);3-6H,1-2H2. The van der Waals surface area contributed by atoms with Gasteiger partial charge in [-0.05, 0) is 12.8 Å². The van der Waals surface area contributed by atoms with Crippen LogP contribution >= 0.6 is 0 Å². The number of carbonyl (C=O) groups is 2. The Morgan fingerprint density at radius 3 is 0.674 bits per heavy atom. The zero-order chi connectivity index (χ0) is 34.8. The van der Waals surface area contributed by atoms with Crippen molar-refractivity contribution in [2.75, 3.05) is 13.2 Å². The minimum atomic E-state index is -0.954. The fraction of sp³-hybridized carbons (Fsp3) is 0.949. The second-order valence-electron chi connectivity index (χ2n) is 13.2. The molecule has 278 valence electrons. The number of aliphatic carboxylic acids is 2. The van der Waals surface area contributed by atoms with Crippen molar-refractivity contribution in [1.29, 1.82) is 0 Å². The molecule has 5 N–H and O–H groups in total. The molecule has 0 fully saturated rings. The Kier molecular flexibility index (Phi) is 49.1. The first-order chi connectivity index (χ1) is 22.3. The second-order valence-corrected chi connectivity index (χ2v) is 13.2. The zero-order valence-electron chi connectivity index (χ0n) is 30.7. The van der Waals surface area contributed by atoms with Crippen LogP contribution in [0.5, 0.6) is 0 Å². The first-order valence-electron chi connectivity index (χ1n) is 19.7. The van der Waals surface area contributed by atoms with Gasteiger partial charge in [-0.1, -0.05) is 194 Å². The SMILES string of the molecule is CCCCCCCCCCCCCCCCCC(=O)O.CCCCCCCCCCCCCCCCCC(=O)O.OCC(O)CO. The number of aliphatic hydroxyl groups is 3. The lowest BCUT2D eigenvalue weighted by molar-refractivity contribution is -0.138. The lowest BCUT2D eigenvalue weighted by atomic mass is 10.0. The molecule has 0 rings (SSSR count). The number of hydrogen-bond acceptors (Lipinski definition) is 5. The van der Waals surface area contributed by atoms with Gasteiger partial charge in [0.1, 0.15) is 6.10 Å². The molecule has 0 radical (unpaired) electrons. The summed E-state index contributed by atoms with van der Waals surface area (Å²) in [6.07, 6.45) is 39.4. The van der Waals surface area contributed by atoms with Crippen molar-refractivity contribution in [2.45, 2.75) is 225 Å². The van der Waals surface area contributed by atoms with E-state index in [2.05, 4.69) is 13.8 Å². The van der Waals surface area contributed by atoms with Crippen molar-refractivity contribution in [3.05, 3.63) is 0 Å². The number of carboxylic acids is 2. The van der Waals surface area contributed by atoms with Crippen LogP contribution in [0.15, 0.2) is 0 Å². The van der Waals surface area contributed by atoms with Gasteiger partial charge < -0.3 is 25.5 Å². The molecule has 0 saturated heterocycles. The number of aliphatic hydroxyl groups excluding tert-OH is 3. The van der Waals surface area contributed by atoms with E-state index in [4.69, 9.17) is 25.5 Å². The number of unbranched alkanes of at least 4 members (excludes halogenated alkanes) is 28. The summed E-state index contributed by atoms with van der Waals surface area (Å²) in [5.41, 5.74) is 0. The summed E-state index contributed by atoms with van der Waals surface area (Å²) in [6.45, 7) is 3.81. The van der Waals surface area contributed by atoms with Gasteiger partial charge in [0.25, 0.3) is 0 Å². The van der Waals surface area contributed by atoms with Crippen LogP contribution in [-0.2, 0) is 9.59 Å². The summed E-state index contributed by atoms with van der Waals surface area (Å²) in [4.78, 5) is 20.7. The summed E-state index contributed by atoms with van der Waals surface area (Å²) in [7, 11) is 0. The molecule has 0 aliphatic heterocycles. The molecule has 0 bridgehead atoms. The van der Waals surface area contributed by atoms with Crippen molar-refractivity contribution in [1.82, 2.24) is 0 Å². The van der Waals surface area contributed by atoms with Crippen LogP contribution in [0, 0.1) is 0 Å². The van der Waals surface area contributed by atoms with E-state index in [9.17, 15) is 9.59 Å². The van der Waals surface area contributed by atoms with Gasteiger partial charge in [0.05, 0.1) is 13.2 Å². The summed E-state index contributed by atoms with van der Waals surface area (Å²) in [5, 5.41) is 41.1. The predicted molar refractivity (Wildman–Crippen MR) is 195 cm³/mol. The second kappa shape index (κ2) is 45.9. The maximum absolute atomic E-state index is 10.3. The lowest BCUT2D eigenvalue weighted by Crippen LogP contribution is -2.15. The molecule has 7 nitrogen and oxygen atoms in total. The van der Waals surface area contributed by atoms with E-state index in [0.717, 1.165) is 25.7 Å². The molecular formula is C39H80O7. The van der Waals surface area contributed by atoms with Gasteiger partial charge >= 0.3 is 11.9 Å². The van der Waals surface area contributed by atoms with Crippen LogP contribution in [-0.4, -0.2) is 56.8 Å². The van der Waals surface area contributed by atoms with E-state index in [1.54, 1.807) is 0 Å². The Morgan fingerprint density at radius 2 is 0.543 bits per heavy atom. The van der Waals surface area contributed by atoms with Crippen LogP contribution in [0.3, 0.4) is 0 Å². The summed E-state index contributed by atoms with van der Waals surface area (Å²) in [6, 6.07) is 0. The van der Waals surface area contributed by atoms with Crippen molar-refractivity contribution in [2.24, 2.45) is 0 Å². The fourth-order valence-corrected chi connectivity index (χ4v) is 5.35. The molecule has 0 aromatic heterocycles. The molecule has 0 heterocycles. The molecule has 0 aromatic rings. The molecule has 0 saturated carbocycles. The third kappa shape index (κ3) is 55.2. The van der Waals surface area contributed by atoms with Crippen molar-refractivity contribution >= 4 is 11.9 Å². The highest BCUT2D eigenvalue weighted by Crippen LogP contribution is 2.15. The first-order valence-corrected chi connectivity index (χ1v) is 19.7. The van der Waals surface area contributed by atoms with E-state index in [0.29, 0.717) is 12.8 Å². The highest BCUT2D eigenvalue weighted by Gasteiger charge is 1.99. The van der Waals surface area contributed by atoms with Gasteiger partial charge in [-0.25, -0.2) is 0 Å². The van der Waals surface area contributed by atoms with Crippen LogP contribution in [0.1, 0.15) is 219 Å². The number of hydrogen-bond donors (Lipinski definition) is 5. The van der Waals surface area contributed by atoms with E-state index in [1.165, 1.54) is 167 Å². The Hall–Kier alpha value is -1.18. The van der Waals surface area contributed by atoms with Gasteiger partial charge in [0.15, 0.2) is 0 Å². The molecule has 0 aliphatic carbocycles. The molecule has 0 atom stereocenters. The average Bonchev–Trinajstić information content (AvgIpc) is 3.04. The van der Waals surface area contributed by atoms with Gasteiger partial charge in [-0.3, -0.25) is 9.59 Å². The normalized spacial score (nSPS) is 10.7. The topological polar surface area (TPSA) is 135 Å². The third-order valence-corrected chi connectivity index (χ3v) is 8.41. The molecule has 0 aromatic carbocycles. The minimum absolute atomic E-state index is 0.345. The van der Waals surface area contributed by atoms with Gasteiger partial charge in [0.2, 0.25) is 0 Å². The average molecular weight is 661 g/mol. The zero-order valence-corrected chi connectivity index (χ0v) is 30.7. The van der Waals surface area contributed by atoms with Crippen LogP contribution in [0.4, 0.5) is 0 Å². The molecule has 0 unspecified atom stereocenters. The maximum atomic E-state index is 10.3. The third-order valence-electron chi connectivity index (χ3n) is 8.41. The summed E-state index contributed by atoms with van der Waals surface area (Å²) < 4.78 is 0. The first kappa shape index (κ1) is 49.2. The monoisotopic (exact) mass is 661 g/mol. The minimum Gasteiger partial charge on any atom is -0.481 e. The van der Waals surface area contributed by atoms with E-state index < -0.39 is 18.0 Å². The highest BCUT2D eigenvalue weighted by molar-refractivity contribution is 5.66. The number of carboxylic acid groups (broad SMARTS) is 2. The largest absolute Gasteiger partial charge is 0.481 e. The van der Waals surface area contributed by atoms with E-state index in [1.807, 2.05) is 0 Å². The Bertz CT molecular complexity index is 523. The molecule has 0 spiro atoms.